The summed E-state index contributed by atoms with van der Waals surface area (Å²) in [5, 5.41) is 0. The van der Waals surface area contributed by atoms with Gasteiger partial charge >= 0.3 is 0 Å². The van der Waals surface area contributed by atoms with Crippen molar-refractivity contribution in [3.8, 4) is 34.8 Å². The number of hydrogen-bond acceptors (Lipinski definition) is 0. The number of aryl methyl sites for hydroxylation is 1. The molecule has 0 bridgehead atoms. The fraction of sp³-hybridized carbons (Fsp3) is 0.214. The van der Waals surface area contributed by atoms with Crippen LogP contribution in [0.1, 0.15) is 48.9 Å². The van der Waals surface area contributed by atoms with Crippen LogP contribution in [0.2, 0.25) is 0 Å². The van der Waals surface area contributed by atoms with Crippen LogP contribution in [0.25, 0.3) is 11.1 Å². The molecule has 0 aromatic heterocycles. The second-order valence-corrected chi connectivity index (χ2v) is 6.86. The van der Waals surface area contributed by atoms with Crippen molar-refractivity contribution < 1.29 is 0 Å². The zero-order chi connectivity index (χ0) is 19.6. The molecule has 0 heteroatoms. The van der Waals surface area contributed by atoms with Crippen molar-refractivity contribution in [3.05, 3.63) is 95.1 Å². The Morgan fingerprint density at radius 3 is 1.61 bits per heavy atom. The van der Waals surface area contributed by atoms with Crippen molar-refractivity contribution >= 4 is 0 Å². The Labute approximate surface area is 169 Å². The van der Waals surface area contributed by atoms with Gasteiger partial charge in [0, 0.05) is 24.0 Å². The van der Waals surface area contributed by atoms with Gasteiger partial charge in [0.2, 0.25) is 0 Å². The van der Waals surface area contributed by atoms with E-state index in [-0.39, 0.29) is 0 Å². The molecular weight excluding hydrogens is 336 g/mol. The van der Waals surface area contributed by atoms with Gasteiger partial charge in [0.05, 0.1) is 0 Å². The van der Waals surface area contributed by atoms with Gasteiger partial charge in [-0.25, -0.2) is 0 Å². The molecule has 3 rings (SSSR count). The van der Waals surface area contributed by atoms with Crippen LogP contribution in [0, 0.1) is 23.7 Å². The second-order valence-electron chi connectivity index (χ2n) is 6.86. The fourth-order valence-corrected chi connectivity index (χ4v) is 3.04. The Kier molecular flexibility index (Phi) is 7.12. The molecule has 0 fully saturated rings. The van der Waals surface area contributed by atoms with Crippen molar-refractivity contribution in [1.29, 1.82) is 0 Å². The minimum Gasteiger partial charge on any atom is -0.103 e. The fourth-order valence-electron chi connectivity index (χ4n) is 3.04. The van der Waals surface area contributed by atoms with Gasteiger partial charge in [-0.05, 0) is 52.9 Å². The highest BCUT2D eigenvalue weighted by molar-refractivity contribution is 5.64. The van der Waals surface area contributed by atoms with Crippen LogP contribution in [-0.2, 0) is 12.8 Å². The van der Waals surface area contributed by atoms with Crippen molar-refractivity contribution in [1.82, 2.24) is 0 Å². The molecule has 0 nitrogen and oxygen atoms in total. The first-order valence-corrected chi connectivity index (χ1v) is 10.0. The zero-order valence-corrected chi connectivity index (χ0v) is 16.8. The van der Waals surface area contributed by atoms with Crippen LogP contribution >= 0.6 is 0 Å². The van der Waals surface area contributed by atoms with Gasteiger partial charge in [-0.1, -0.05) is 86.6 Å². The molecule has 0 saturated carbocycles. The van der Waals surface area contributed by atoms with E-state index >= 15 is 0 Å². The van der Waals surface area contributed by atoms with E-state index in [1.54, 1.807) is 0 Å². The van der Waals surface area contributed by atoms with Crippen LogP contribution in [0.5, 0.6) is 0 Å². The normalized spacial score (nSPS) is 9.79. The molecule has 0 radical (unpaired) electrons. The summed E-state index contributed by atoms with van der Waals surface area (Å²) in [7, 11) is 0. The highest BCUT2D eigenvalue weighted by Gasteiger charge is 1.98. The summed E-state index contributed by atoms with van der Waals surface area (Å²) >= 11 is 0. The molecule has 0 heterocycles. The smallest absolute Gasteiger partial charge is 0.0340 e. The average molecular weight is 363 g/mol. The Morgan fingerprint density at radius 1 is 0.571 bits per heavy atom. The molecule has 0 N–H and O–H groups in total. The van der Waals surface area contributed by atoms with Crippen molar-refractivity contribution in [3.63, 3.8) is 0 Å². The van der Waals surface area contributed by atoms with Crippen LogP contribution in [0.4, 0.5) is 0 Å². The largest absolute Gasteiger partial charge is 0.103 e. The van der Waals surface area contributed by atoms with E-state index in [9.17, 15) is 0 Å². The summed E-state index contributed by atoms with van der Waals surface area (Å²) in [6, 6.07) is 25.7. The highest BCUT2D eigenvalue weighted by atomic mass is 14.0. The van der Waals surface area contributed by atoms with Gasteiger partial charge in [0.15, 0.2) is 0 Å². The predicted molar refractivity (Wildman–Crippen MR) is 120 cm³/mol. The van der Waals surface area contributed by atoms with Crippen LogP contribution in [-0.4, -0.2) is 0 Å². The number of hydrogen-bond donors (Lipinski definition) is 0. The van der Waals surface area contributed by atoms with Gasteiger partial charge in [-0.3, -0.25) is 0 Å². The first-order valence-electron chi connectivity index (χ1n) is 10.0. The molecule has 0 amide bonds. The van der Waals surface area contributed by atoms with E-state index in [0.29, 0.717) is 0 Å². The van der Waals surface area contributed by atoms with Crippen LogP contribution in [0.15, 0.2) is 72.8 Å². The molecule has 138 valence electrons. The first kappa shape index (κ1) is 19.5. The van der Waals surface area contributed by atoms with E-state index in [2.05, 4.69) is 110 Å². The lowest BCUT2D eigenvalue weighted by Crippen LogP contribution is -1.84. The molecule has 0 aliphatic rings. The van der Waals surface area contributed by atoms with Gasteiger partial charge in [-0.15, -0.1) is 5.92 Å². The van der Waals surface area contributed by atoms with Crippen LogP contribution in [0.3, 0.4) is 0 Å². The maximum absolute atomic E-state index is 3.26. The quantitative estimate of drug-likeness (QED) is 0.455. The summed E-state index contributed by atoms with van der Waals surface area (Å²) in [6.07, 6.45) is 4.04. The van der Waals surface area contributed by atoms with Crippen molar-refractivity contribution in [2.24, 2.45) is 0 Å². The van der Waals surface area contributed by atoms with Gasteiger partial charge in [0.1, 0.15) is 0 Å². The van der Waals surface area contributed by atoms with Gasteiger partial charge < -0.3 is 0 Å². The van der Waals surface area contributed by atoms with Crippen LogP contribution < -0.4 is 0 Å². The minimum atomic E-state index is 0.808. The lowest BCUT2D eigenvalue weighted by atomic mass is 10.0. The molecular formula is C28H26. The maximum atomic E-state index is 3.26. The molecule has 3 aromatic rings. The Morgan fingerprint density at radius 2 is 1.07 bits per heavy atom. The monoisotopic (exact) mass is 362 g/mol. The summed E-state index contributed by atoms with van der Waals surface area (Å²) in [4.78, 5) is 0. The second kappa shape index (κ2) is 10.2. The lowest BCUT2D eigenvalue weighted by molar-refractivity contribution is 0.922. The molecule has 0 aliphatic heterocycles. The molecule has 28 heavy (non-hydrogen) atoms. The standard InChI is InChI=1S/C28H26/c1-3-5-6-8-24-9-11-25(12-10-24)13-14-26-17-21-28(22-18-26)27-19-15-23(7-4-2)16-20-27/h9-12,15-22H,3-4,7-8H2,1-2H3. The van der Waals surface area contributed by atoms with Crippen molar-refractivity contribution in [2.75, 3.05) is 0 Å². The lowest BCUT2D eigenvalue weighted by Gasteiger charge is -2.04. The molecule has 0 atom stereocenters. The Balaban J connectivity index is 1.66. The maximum Gasteiger partial charge on any atom is 0.0340 e. The minimum absolute atomic E-state index is 0.808. The summed E-state index contributed by atoms with van der Waals surface area (Å²) < 4.78 is 0. The highest BCUT2D eigenvalue weighted by Crippen LogP contribution is 2.20. The van der Waals surface area contributed by atoms with E-state index in [4.69, 9.17) is 0 Å². The van der Waals surface area contributed by atoms with E-state index < -0.39 is 0 Å². The zero-order valence-electron chi connectivity index (χ0n) is 16.8. The van der Waals surface area contributed by atoms with Crippen molar-refractivity contribution in [2.45, 2.75) is 39.5 Å². The molecule has 0 unspecified atom stereocenters. The molecule has 0 aliphatic carbocycles. The first-order chi connectivity index (χ1) is 13.8. The third-order valence-corrected chi connectivity index (χ3v) is 4.61. The SMILES string of the molecule is CCC#CCc1ccc(C#Cc2ccc(-c3ccc(CCC)cc3)cc2)cc1. The summed E-state index contributed by atoms with van der Waals surface area (Å²) in [5.41, 5.74) is 7.18. The molecule has 0 saturated heterocycles. The van der Waals surface area contributed by atoms with E-state index in [0.717, 1.165) is 30.4 Å². The average Bonchev–Trinajstić information content (AvgIpc) is 2.75. The topological polar surface area (TPSA) is 0 Å². The number of rotatable bonds is 4. The van der Waals surface area contributed by atoms with E-state index in [1.807, 2.05) is 0 Å². The predicted octanol–water partition coefficient (Wildman–Crippen LogP) is 6.66. The Bertz CT molecular complexity index is 996. The van der Waals surface area contributed by atoms with E-state index in [1.165, 1.54) is 28.7 Å². The summed E-state index contributed by atoms with van der Waals surface area (Å²) in [6.45, 7) is 4.28. The molecule has 0 spiro atoms. The molecule has 3 aromatic carbocycles. The van der Waals surface area contributed by atoms with Gasteiger partial charge in [-0.2, -0.15) is 0 Å². The Hall–Kier alpha value is -3.22. The third-order valence-electron chi connectivity index (χ3n) is 4.61. The summed E-state index contributed by atoms with van der Waals surface area (Å²) in [5.74, 6) is 12.8. The third kappa shape index (κ3) is 5.64. The van der Waals surface area contributed by atoms with Gasteiger partial charge in [0.25, 0.3) is 0 Å². The number of benzene rings is 3.